The summed E-state index contributed by atoms with van der Waals surface area (Å²) in [5, 5.41) is 13.9. The molecule has 5 heterocycles. The number of H-pyrrole nitrogens is 3. The highest BCUT2D eigenvalue weighted by molar-refractivity contribution is 5.87. The molecule has 2 amide bonds. The number of aromatic nitrogens is 6. The molecule has 328 valence electrons. The van der Waals surface area contributed by atoms with Gasteiger partial charge in [0.1, 0.15) is 0 Å². The molecule has 5 rings (SSSR count). The summed E-state index contributed by atoms with van der Waals surface area (Å²) in [7, 11) is 0. The van der Waals surface area contributed by atoms with E-state index in [0.29, 0.717) is 77.6 Å². The molecule has 0 aromatic carbocycles. The molecule has 0 bridgehead atoms. The Morgan fingerprint density at radius 1 is 0.741 bits per heavy atom. The first kappa shape index (κ1) is 54.7. The van der Waals surface area contributed by atoms with Crippen molar-refractivity contribution in [2.24, 2.45) is 5.73 Å². The van der Waals surface area contributed by atoms with Gasteiger partial charge in [0.2, 0.25) is 11.8 Å². The number of hydrogen-bond acceptors (Lipinski definition) is 13. The number of amides is 2. The maximum atomic E-state index is 11.5. The van der Waals surface area contributed by atoms with Crippen molar-refractivity contribution in [1.82, 2.24) is 40.5 Å². The van der Waals surface area contributed by atoms with Crippen LogP contribution in [0.5, 0.6) is 0 Å². The van der Waals surface area contributed by atoms with Crippen LogP contribution in [0.2, 0.25) is 0 Å². The lowest BCUT2D eigenvalue weighted by atomic mass is 10.2. The molecule has 0 radical (unpaired) electrons. The Labute approximate surface area is 341 Å². The van der Waals surface area contributed by atoms with Crippen molar-refractivity contribution < 1.29 is 48.1 Å². The topological polar surface area (TPSA) is 286 Å². The average molecular weight is 822 g/mol. The van der Waals surface area contributed by atoms with Crippen molar-refractivity contribution in [3.05, 3.63) is 54.7 Å². The number of esters is 3. The maximum Gasteiger partial charge on any atom is 0.313 e. The van der Waals surface area contributed by atoms with Gasteiger partial charge in [-0.2, -0.15) is 0 Å². The highest BCUT2D eigenvalue weighted by Gasteiger charge is 2.16. The molecule has 0 spiro atoms. The van der Waals surface area contributed by atoms with Crippen LogP contribution in [-0.2, 0) is 62.2 Å². The molecule has 8 N–H and O–H groups in total. The zero-order chi connectivity index (χ0) is 41.1. The van der Waals surface area contributed by atoms with Gasteiger partial charge in [-0.15, -0.1) is 0 Å². The van der Waals surface area contributed by atoms with E-state index in [-0.39, 0.29) is 57.4 Å². The monoisotopic (exact) mass is 822 g/mol. The van der Waals surface area contributed by atoms with Gasteiger partial charge in [-0.1, -0.05) is 21.8 Å². The van der Waals surface area contributed by atoms with E-state index in [4.69, 9.17) is 20.3 Å². The number of ether oxygens (including phenoxy) is 3. The Morgan fingerprint density at radius 2 is 1.21 bits per heavy atom. The number of carbonyl (C=O) groups excluding carboxylic acids is 5. The number of nitrogens with one attached hydrogen (secondary N) is 5. The van der Waals surface area contributed by atoms with E-state index < -0.39 is 5.97 Å². The number of aromatic amines is 3. The summed E-state index contributed by atoms with van der Waals surface area (Å²) in [6.07, 6.45) is 19.1. The average Bonchev–Trinajstić information content (AvgIpc) is 4.02. The molecule has 0 unspecified atom stereocenters. The normalized spacial score (nSPS) is 12.3. The predicted octanol–water partition coefficient (Wildman–Crippen LogP) is 3.74. The third kappa shape index (κ3) is 32.8. The molecule has 3 aromatic heterocycles. The molecule has 3 aromatic rings. The predicted molar refractivity (Wildman–Crippen MR) is 217 cm³/mol. The zero-order valence-corrected chi connectivity index (χ0v) is 32.4. The fraction of sp³-hybridized carbons (Fsp3) is 0.615. The smallest absolute Gasteiger partial charge is 0.313 e. The van der Waals surface area contributed by atoms with Gasteiger partial charge in [-0.3, -0.25) is 28.8 Å². The number of carbonyl (C=O) groups is 6. The number of carboxylic acids is 1. The molecule has 2 aliphatic rings. The first-order valence-electron chi connectivity index (χ1n) is 19.0. The molecular weight excluding hydrogens is 754 g/mol. The minimum atomic E-state index is -0.870. The summed E-state index contributed by atoms with van der Waals surface area (Å²) in [5.41, 5.74) is 8.33. The molecule has 2 fully saturated rings. The molecule has 2 saturated heterocycles. The van der Waals surface area contributed by atoms with Crippen molar-refractivity contribution in [2.75, 3.05) is 39.5 Å². The third-order valence-corrected chi connectivity index (χ3v) is 7.37. The van der Waals surface area contributed by atoms with Gasteiger partial charge in [0.25, 0.3) is 0 Å². The van der Waals surface area contributed by atoms with Crippen LogP contribution in [0.15, 0.2) is 37.6 Å². The molecule has 0 saturated carbocycles. The van der Waals surface area contributed by atoms with Crippen molar-refractivity contribution in [2.45, 2.75) is 118 Å². The van der Waals surface area contributed by atoms with Crippen molar-refractivity contribution in [3.63, 3.8) is 0 Å². The first-order chi connectivity index (χ1) is 27.1. The Hall–Kier alpha value is -5.43. The van der Waals surface area contributed by atoms with Crippen LogP contribution in [0.3, 0.4) is 0 Å². The van der Waals surface area contributed by atoms with E-state index in [0.717, 1.165) is 49.6 Å². The lowest BCUT2D eigenvalue weighted by Crippen LogP contribution is -2.25. The number of imidazole rings is 3. The van der Waals surface area contributed by atoms with Crippen LogP contribution in [0.4, 0.5) is 0 Å². The molecular formula is C39H67N9O10. The van der Waals surface area contributed by atoms with Gasteiger partial charge in [-0.05, 0) is 45.1 Å². The van der Waals surface area contributed by atoms with E-state index in [2.05, 4.69) is 45.3 Å². The fourth-order valence-corrected chi connectivity index (χ4v) is 4.47. The molecule has 2 aliphatic heterocycles. The molecule has 58 heavy (non-hydrogen) atoms. The van der Waals surface area contributed by atoms with Gasteiger partial charge < -0.3 is 50.6 Å². The van der Waals surface area contributed by atoms with Gasteiger partial charge in [-0.25, -0.2) is 15.0 Å². The van der Waals surface area contributed by atoms with Crippen LogP contribution in [0.1, 0.15) is 116 Å². The third-order valence-electron chi connectivity index (χ3n) is 7.37. The second kappa shape index (κ2) is 37.2. The van der Waals surface area contributed by atoms with E-state index in [1.807, 2.05) is 6.92 Å². The zero-order valence-electron chi connectivity index (χ0n) is 32.4. The van der Waals surface area contributed by atoms with E-state index >= 15 is 0 Å². The van der Waals surface area contributed by atoms with Gasteiger partial charge >= 0.3 is 23.9 Å². The highest BCUT2D eigenvalue weighted by Crippen LogP contribution is 2.06. The first-order valence-corrected chi connectivity index (χ1v) is 19.0. The van der Waals surface area contributed by atoms with Crippen LogP contribution < -0.4 is 16.4 Å². The quantitative estimate of drug-likeness (QED) is 0.0711. The maximum absolute atomic E-state index is 11.5. The van der Waals surface area contributed by atoms with Crippen molar-refractivity contribution >= 4 is 35.7 Å². The minimum Gasteiger partial charge on any atom is -0.481 e. The summed E-state index contributed by atoms with van der Waals surface area (Å²) < 4.78 is 14.1. The number of aliphatic carboxylic acids is 1. The van der Waals surface area contributed by atoms with Crippen molar-refractivity contribution in [3.8, 4) is 0 Å². The van der Waals surface area contributed by atoms with E-state index in [1.54, 1.807) is 37.6 Å². The van der Waals surface area contributed by atoms with Crippen LogP contribution in [-0.4, -0.2) is 110 Å². The number of hydrogen-bond donors (Lipinski definition) is 7. The highest BCUT2D eigenvalue weighted by atomic mass is 16.6. The van der Waals surface area contributed by atoms with E-state index in [1.165, 1.54) is 12.8 Å². The number of carboxylic acid groups (broad SMARTS) is 1. The summed E-state index contributed by atoms with van der Waals surface area (Å²) in [6, 6.07) is 0. The Bertz CT molecular complexity index is 1440. The second-order valence-electron chi connectivity index (χ2n) is 12.3. The molecule has 0 atom stereocenters. The van der Waals surface area contributed by atoms with Crippen molar-refractivity contribution in [1.29, 1.82) is 0 Å². The molecule has 19 heteroatoms. The van der Waals surface area contributed by atoms with Gasteiger partial charge in [0.15, 0.2) is 0 Å². The van der Waals surface area contributed by atoms with Gasteiger partial charge in [0.05, 0.1) is 25.6 Å². The SMILES string of the molecule is C.C.C1CCOC1.CCCOC(=O)CCCC(=O)NCCc1cnc[nH]1.NCCc1cnc[nH]1.O=C(O)CCCC(=O)NCCc1cnc[nH]1.O=C1CCCC(=O)O1. The Kier molecular flexibility index (Phi) is 35.0. The largest absolute Gasteiger partial charge is 0.481 e. The standard InChI is InChI=1S/C13H21N3O3.C10H15N3O3.C5H9N3.C5H6O3.C4H8O.2CH4/c1-2-8-19-13(18)5-3-4-12(17)15-7-6-11-9-14-10-16-11;14-9(2-1-3-10(15)16)12-5-4-8-6-11-7-13-8;6-2-1-5-3-7-4-8-5;6-4-2-1-3-5(7)8-4;1-2-4-5-3-1;;/h9-10H,2-8H2,1H3,(H,14,16)(H,15,17);6-7H,1-5H2,(H,11,13)(H,12,14)(H,15,16);3-4H,1-2,6H2,(H,7,8);1-3H2;1-4H2;2*1H4. The second-order valence-corrected chi connectivity index (χ2v) is 12.3. The summed E-state index contributed by atoms with van der Waals surface area (Å²) >= 11 is 0. The number of nitrogens with two attached hydrogens (primary N) is 1. The van der Waals surface area contributed by atoms with Crippen LogP contribution >= 0.6 is 0 Å². The Balaban J connectivity index is 0. The van der Waals surface area contributed by atoms with Crippen LogP contribution in [0, 0.1) is 0 Å². The lowest BCUT2D eigenvalue weighted by Gasteiger charge is -2.06. The summed E-state index contributed by atoms with van der Waals surface area (Å²) in [4.78, 5) is 85.0. The Morgan fingerprint density at radius 3 is 1.55 bits per heavy atom. The van der Waals surface area contributed by atoms with Gasteiger partial charge in [0, 0.05) is 120 Å². The minimum absolute atomic E-state index is 0. The summed E-state index contributed by atoms with van der Waals surface area (Å²) in [6.45, 7) is 6.19. The van der Waals surface area contributed by atoms with E-state index in [9.17, 15) is 28.8 Å². The van der Waals surface area contributed by atoms with Crippen LogP contribution in [0.25, 0.3) is 0 Å². The number of nitrogens with zero attached hydrogens (tertiary/aromatic N) is 3. The molecule has 0 aliphatic carbocycles. The lowest BCUT2D eigenvalue weighted by molar-refractivity contribution is -0.163. The molecule has 19 nitrogen and oxygen atoms in total. The summed E-state index contributed by atoms with van der Waals surface area (Å²) in [5.74, 6) is -2.02. The number of cyclic esters (lactones) is 2. The fourth-order valence-electron chi connectivity index (χ4n) is 4.47. The number of rotatable bonds is 18.